The van der Waals surface area contributed by atoms with Crippen LogP contribution in [0.2, 0.25) is 0 Å². The molecule has 1 aliphatic heterocycles. The number of carbonyl (C=O) groups excluding carboxylic acids is 1. The van der Waals surface area contributed by atoms with Crippen molar-refractivity contribution in [3.63, 3.8) is 0 Å². The van der Waals surface area contributed by atoms with E-state index in [0.717, 1.165) is 50.7 Å². The Labute approximate surface area is 423 Å². The minimum Gasteiger partial charge on any atom is -0.396 e. The summed E-state index contributed by atoms with van der Waals surface area (Å²) < 4.78 is 2.30. The zero-order valence-corrected chi connectivity index (χ0v) is 43.6. The maximum atomic E-state index is 14.9. The summed E-state index contributed by atoms with van der Waals surface area (Å²) in [7, 11) is 3.66. The van der Waals surface area contributed by atoms with Gasteiger partial charge in [-0.05, 0) is 166 Å². The molecule has 1 spiro atoms. The van der Waals surface area contributed by atoms with E-state index >= 15 is 0 Å². The highest BCUT2D eigenvalue weighted by molar-refractivity contribution is 8.76. The Kier molecular flexibility index (Phi) is 12.2. The SMILES string of the molecule is CC(O)NC(N)=NCC1C2C(=CC(=O)C3CC(O)C(O)CC32C)C2(O)C3CSSCC(n4ccnc4)CC(C)(C)C4=C5CCCC6(CCCC6)C5C5=C6C(CCC5)C5CCC1C2(CO)C(C3)C5C(O)C64. The van der Waals surface area contributed by atoms with Crippen molar-refractivity contribution >= 4 is 33.3 Å². The second-order valence-corrected chi connectivity index (χ2v) is 28.4. The molecule has 2 heterocycles. The molecule has 1 aromatic heterocycles. The Morgan fingerprint density at radius 2 is 1.73 bits per heavy atom. The largest absolute Gasteiger partial charge is 0.396 e. The highest BCUT2D eigenvalue weighted by Crippen LogP contribution is 2.78. The number of allylic oxidation sites excluding steroid dienone is 3. The molecule has 12 rings (SSSR count). The normalized spacial score (nSPS) is 47.5. The lowest BCUT2D eigenvalue weighted by molar-refractivity contribution is -0.209. The molecule has 0 aromatic carbocycles. The first-order valence-corrected chi connectivity index (χ1v) is 30.1. The molecule has 0 amide bonds. The van der Waals surface area contributed by atoms with E-state index in [4.69, 9.17) is 10.7 Å². The minimum absolute atomic E-state index is 0.106. The third-order valence-corrected chi connectivity index (χ3v) is 25.0. The van der Waals surface area contributed by atoms with Crippen molar-refractivity contribution < 1.29 is 35.4 Å². The van der Waals surface area contributed by atoms with Gasteiger partial charge in [0.2, 0.25) is 0 Å². The molecule has 0 radical (unpaired) electrons. The molecule has 384 valence electrons. The number of nitrogens with one attached hydrogen (secondary N) is 1. The quantitative estimate of drug-likeness (QED) is 0.0489. The van der Waals surface area contributed by atoms with E-state index in [9.17, 15) is 35.4 Å². The van der Waals surface area contributed by atoms with Crippen LogP contribution in [0.5, 0.6) is 0 Å². The number of rotatable bonds is 5. The van der Waals surface area contributed by atoms with Crippen LogP contribution in [-0.2, 0) is 4.79 Å². The number of hydrogen-bond acceptors (Lipinski definition) is 11. The van der Waals surface area contributed by atoms with Gasteiger partial charge < -0.3 is 46.3 Å². The first kappa shape index (κ1) is 48.8. The lowest BCUT2D eigenvalue weighted by Crippen LogP contribution is -2.70. The number of aromatic nitrogens is 2. The molecule has 7 saturated carbocycles. The minimum atomic E-state index is -1.60. The Bertz CT molecular complexity index is 2360. The maximum Gasteiger partial charge on any atom is 0.190 e. The molecule has 12 nitrogen and oxygen atoms in total. The molecule has 8 fully saturated rings. The molecule has 11 aliphatic rings. The zero-order valence-electron chi connectivity index (χ0n) is 42.0. The van der Waals surface area contributed by atoms with Gasteiger partial charge in [-0.25, -0.2) is 4.98 Å². The molecule has 10 aliphatic carbocycles. The summed E-state index contributed by atoms with van der Waals surface area (Å²) in [5.41, 5.74) is 10.1. The summed E-state index contributed by atoms with van der Waals surface area (Å²) in [6.07, 6.45) is 19.5. The maximum absolute atomic E-state index is 14.9. The van der Waals surface area contributed by atoms with Gasteiger partial charge in [0.15, 0.2) is 11.7 Å². The third-order valence-electron chi connectivity index (χ3n) is 22.5. The second-order valence-electron chi connectivity index (χ2n) is 25.8. The molecule has 19 atom stereocenters. The predicted molar refractivity (Wildman–Crippen MR) is 274 cm³/mol. The summed E-state index contributed by atoms with van der Waals surface area (Å²) in [5.74, 6) is -0.158. The lowest BCUT2D eigenvalue weighted by atomic mass is 9.39. The Morgan fingerprint density at radius 3 is 2.47 bits per heavy atom. The Morgan fingerprint density at radius 1 is 0.971 bits per heavy atom. The van der Waals surface area contributed by atoms with E-state index in [1.54, 1.807) is 40.5 Å². The number of ketones is 1. The number of nitrogens with two attached hydrogens (primary N) is 1. The van der Waals surface area contributed by atoms with Crippen molar-refractivity contribution in [2.24, 2.45) is 97.5 Å². The molecule has 4 bridgehead atoms. The number of hydrogen-bond donors (Lipinski definition) is 8. The number of aliphatic hydroxyl groups excluding tert-OH is 5. The number of aliphatic imine (C=N–C) groups is 1. The first-order valence-electron chi connectivity index (χ1n) is 27.6. The zero-order chi connectivity index (χ0) is 48.9. The Balaban J connectivity index is 1.09. The first-order chi connectivity index (χ1) is 33.5. The van der Waals surface area contributed by atoms with Crippen LogP contribution in [0.3, 0.4) is 0 Å². The van der Waals surface area contributed by atoms with E-state index in [1.165, 1.54) is 44.1 Å². The monoisotopic (exact) mass is 1000 g/mol. The molecular formula is C56H81N5O7S2. The fraction of sp³-hybridized carbons (Fsp3) is 0.804. The molecular weight excluding hydrogens is 919 g/mol. The average molecular weight is 1000 g/mol. The lowest BCUT2D eigenvalue weighted by Gasteiger charge is -2.66. The van der Waals surface area contributed by atoms with E-state index in [0.29, 0.717) is 29.6 Å². The van der Waals surface area contributed by atoms with Crippen LogP contribution < -0.4 is 11.1 Å². The summed E-state index contributed by atoms with van der Waals surface area (Å²) in [6, 6.07) is 0.147. The van der Waals surface area contributed by atoms with Gasteiger partial charge in [-0.3, -0.25) is 9.79 Å². The summed E-state index contributed by atoms with van der Waals surface area (Å²) >= 11 is 0. The number of aliphatic hydroxyl groups is 6. The van der Waals surface area contributed by atoms with Gasteiger partial charge in [0.05, 0.1) is 36.8 Å². The van der Waals surface area contributed by atoms with E-state index < -0.39 is 52.8 Å². The van der Waals surface area contributed by atoms with Crippen molar-refractivity contribution in [2.45, 2.75) is 167 Å². The van der Waals surface area contributed by atoms with Crippen LogP contribution in [0.4, 0.5) is 0 Å². The van der Waals surface area contributed by atoms with Gasteiger partial charge in [0, 0.05) is 65.6 Å². The van der Waals surface area contributed by atoms with Crippen LogP contribution in [0.15, 0.2) is 57.7 Å². The van der Waals surface area contributed by atoms with Gasteiger partial charge in [0.1, 0.15) is 6.23 Å². The average Bonchev–Trinajstić information content (AvgIpc) is 4.06. The van der Waals surface area contributed by atoms with Crippen molar-refractivity contribution in [2.75, 3.05) is 24.7 Å². The molecule has 1 saturated heterocycles. The van der Waals surface area contributed by atoms with Gasteiger partial charge >= 0.3 is 0 Å². The summed E-state index contributed by atoms with van der Waals surface area (Å²) in [5, 5.41) is 77.7. The van der Waals surface area contributed by atoms with Crippen molar-refractivity contribution in [1.29, 1.82) is 0 Å². The van der Waals surface area contributed by atoms with Crippen molar-refractivity contribution in [3.05, 3.63) is 52.7 Å². The number of nitrogens with zero attached hydrogens (tertiary/aromatic N) is 3. The molecule has 14 heteroatoms. The smallest absolute Gasteiger partial charge is 0.190 e. The van der Waals surface area contributed by atoms with E-state index in [2.05, 4.69) is 41.8 Å². The Hall–Kier alpha value is -2.17. The second kappa shape index (κ2) is 17.4. The van der Waals surface area contributed by atoms with Gasteiger partial charge in [-0.2, -0.15) is 0 Å². The van der Waals surface area contributed by atoms with Crippen LogP contribution in [-0.4, -0.2) is 107 Å². The molecule has 19 unspecified atom stereocenters. The standard InChI is InChI=1S/C56H81N5O7S2/c1-29(63)60-51(57)59-24-36-37-13-12-33-32-9-7-10-34-44(32)46-49(35-11-8-16-54(47(34)35)14-5-6-15-54)52(2,3)22-31(61-18-17-58-28-61)26-70-69-25-30-19-39(45(33)50(46)67)55(37,27-62)56(30,68)40-21-41(64)38-20-42(65)43(66)23-53(38,4)48(36)40/h17-18,21,28-33,36-39,42-43,45-48,50,62-63,65-68H,5-16,19-20,22-27H2,1-4H3,(H3,57,59,60). The number of guanidine groups is 1. The summed E-state index contributed by atoms with van der Waals surface area (Å²) in [4.78, 5) is 24.5. The van der Waals surface area contributed by atoms with Crippen LogP contribution >= 0.6 is 21.6 Å². The number of imidazole rings is 1. The molecule has 9 N–H and O–H groups in total. The third kappa shape index (κ3) is 6.79. The van der Waals surface area contributed by atoms with Crippen molar-refractivity contribution in [3.8, 4) is 0 Å². The van der Waals surface area contributed by atoms with Crippen LogP contribution in [0, 0.1) is 86.8 Å². The number of fused-ring (bicyclic) bond motifs is 10. The van der Waals surface area contributed by atoms with E-state index in [-0.39, 0.29) is 96.0 Å². The topological polar surface area (TPSA) is 207 Å². The fourth-order valence-corrected chi connectivity index (χ4v) is 23.2. The highest BCUT2D eigenvalue weighted by atomic mass is 33.1. The van der Waals surface area contributed by atoms with Gasteiger partial charge in [-0.1, -0.05) is 77.5 Å². The van der Waals surface area contributed by atoms with Crippen LogP contribution in [0.25, 0.3) is 0 Å². The molecule has 1 aromatic rings. The predicted octanol–water partition coefficient (Wildman–Crippen LogP) is 7.12. The van der Waals surface area contributed by atoms with Gasteiger partial charge in [-0.15, -0.1) is 0 Å². The van der Waals surface area contributed by atoms with E-state index in [1.807, 2.05) is 23.3 Å². The number of carbonyl (C=O) groups is 1. The summed E-state index contributed by atoms with van der Waals surface area (Å²) in [6.45, 7) is 8.62. The van der Waals surface area contributed by atoms with Crippen LogP contribution in [0.1, 0.15) is 136 Å². The van der Waals surface area contributed by atoms with Gasteiger partial charge in [0.25, 0.3) is 0 Å². The van der Waals surface area contributed by atoms with Crippen molar-refractivity contribution in [1.82, 2.24) is 14.9 Å². The molecule has 70 heavy (non-hydrogen) atoms. The highest BCUT2D eigenvalue weighted by Gasteiger charge is 2.79. The fourth-order valence-electron chi connectivity index (χ4n) is 20.5.